The largest absolute Gasteiger partial charge is 0.497 e. The first kappa shape index (κ1) is 16.0. The van der Waals surface area contributed by atoms with E-state index < -0.39 is 0 Å². The smallest absolute Gasteiger partial charge is 0.142 e. The first-order valence-corrected chi connectivity index (χ1v) is 7.80. The minimum Gasteiger partial charge on any atom is -0.497 e. The number of hydrogen-bond acceptors (Lipinski definition) is 4. The number of rotatable bonds is 5. The Labute approximate surface area is 128 Å². The molecule has 1 N–H and O–H groups in total. The average Bonchev–Trinajstić information content (AvgIpc) is 2.54. The molecule has 118 valence electrons. The van der Waals surface area contributed by atoms with Gasteiger partial charge in [0.2, 0.25) is 0 Å². The number of nitrogens with one attached hydrogen (secondary N) is 1. The Morgan fingerprint density at radius 1 is 1.29 bits per heavy atom. The standard InChI is InChI=1S/C17H28N2O2/c1-6-13-11-18-17(3,7-2)12-19(13)15-10-14(20-4)8-9-16(15)21-5/h8-10,13,18H,6-7,11-12H2,1-5H3. The van der Waals surface area contributed by atoms with Crippen LogP contribution in [0.2, 0.25) is 0 Å². The molecule has 4 heteroatoms. The van der Waals surface area contributed by atoms with Gasteiger partial charge in [-0.1, -0.05) is 13.8 Å². The van der Waals surface area contributed by atoms with Crippen LogP contribution in [-0.4, -0.2) is 38.9 Å². The van der Waals surface area contributed by atoms with Gasteiger partial charge in [-0.2, -0.15) is 0 Å². The molecule has 0 spiro atoms. The zero-order chi connectivity index (χ0) is 15.5. The normalized spacial score (nSPS) is 25.8. The molecule has 21 heavy (non-hydrogen) atoms. The van der Waals surface area contributed by atoms with Crippen LogP contribution >= 0.6 is 0 Å². The molecular weight excluding hydrogens is 264 g/mol. The summed E-state index contributed by atoms with van der Waals surface area (Å²) in [6.07, 6.45) is 2.21. The first-order chi connectivity index (χ1) is 10.1. The molecule has 1 saturated heterocycles. The molecule has 0 radical (unpaired) electrons. The van der Waals surface area contributed by atoms with Gasteiger partial charge in [-0.25, -0.2) is 0 Å². The van der Waals surface area contributed by atoms with Gasteiger partial charge >= 0.3 is 0 Å². The third-order valence-electron chi connectivity index (χ3n) is 4.67. The predicted molar refractivity (Wildman–Crippen MR) is 87.7 cm³/mol. The minimum atomic E-state index is 0.139. The van der Waals surface area contributed by atoms with Gasteiger partial charge in [-0.3, -0.25) is 0 Å². The van der Waals surface area contributed by atoms with Crippen LogP contribution in [0.25, 0.3) is 0 Å². The zero-order valence-electron chi connectivity index (χ0n) is 13.9. The molecule has 0 aliphatic carbocycles. The van der Waals surface area contributed by atoms with E-state index in [1.165, 1.54) is 0 Å². The van der Waals surface area contributed by atoms with Gasteiger partial charge in [0.05, 0.1) is 19.9 Å². The summed E-state index contributed by atoms with van der Waals surface area (Å²) < 4.78 is 11.0. The van der Waals surface area contributed by atoms with Crippen molar-refractivity contribution >= 4 is 5.69 Å². The molecule has 1 aromatic carbocycles. The maximum Gasteiger partial charge on any atom is 0.142 e. The maximum atomic E-state index is 5.58. The van der Waals surface area contributed by atoms with E-state index in [4.69, 9.17) is 9.47 Å². The lowest BCUT2D eigenvalue weighted by atomic mass is 9.92. The van der Waals surface area contributed by atoms with Crippen molar-refractivity contribution in [3.63, 3.8) is 0 Å². The lowest BCUT2D eigenvalue weighted by Crippen LogP contribution is -2.62. The second kappa shape index (κ2) is 6.56. The van der Waals surface area contributed by atoms with Gasteiger partial charge in [-0.05, 0) is 31.9 Å². The van der Waals surface area contributed by atoms with Crippen LogP contribution in [0.15, 0.2) is 18.2 Å². The third-order valence-corrected chi connectivity index (χ3v) is 4.67. The number of hydrogen-bond donors (Lipinski definition) is 1. The van der Waals surface area contributed by atoms with Gasteiger partial charge in [0.15, 0.2) is 0 Å². The summed E-state index contributed by atoms with van der Waals surface area (Å²) in [5.74, 6) is 1.78. The Bertz CT molecular complexity index is 478. The minimum absolute atomic E-state index is 0.139. The van der Waals surface area contributed by atoms with Gasteiger partial charge < -0.3 is 19.7 Å². The molecule has 1 aliphatic rings. The van der Waals surface area contributed by atoms with Crippen molar-refractivity contribution in [3.8, 4) is 11.5 Å². The van der Waals surface area contributed by atoms with Crippen LogP contribution in [0.1, 0.15) is 33.6 Å². The van der Waals surface area contributed by atoms with E-state index in [9.17, 15) is 0 Å². The highest BCUT2D eigenvalue weighted by molar-refractivity contribution is 5.63. The van der Waals surface area contributed by atoms with E-state index >= 15 is 0 Å². The van der Waals surface area contributed by atoms with Crippen LogP contribution in [0.5, 0.6) is 11.5 Å². The first-order valence-electron chi connectivity index (χ1n) is 7.80. The fourth-order valence-electron chi connectivity index (χ4n) is 2.94. The molecule has 2 atom stereocenters. The van der Waals surface area contributed by atoms with Crippen LogP contribution < -0.4 is 19.7 Å². The molecule has 1 fully saturated rings. The highest BCUT2D eigenvalue weighted by Crippen LogP contribution is 2.36. The van der Waals surface area contributed by atoms with Gasteiger partial charge in [0.1, 0.15) is 11.5 Å². The van der Waals surface area contributed by atoms with E-state index in [-0.39, 0.29) is 5.54 Å². The summed E-state index contributed by atoms with van der Waals surface area (Å²) in [7, 11) is 3.43. The summed E-state index contributed by atoms with van der Waals surface area (Å²) in [4.78, 5) is 2.47. The quantitative estimate of drug-likeness (QED) is 0.904. The molecular formula is C17H28N2O2. The number of piperazine rings is 1. The van der Waals surface area contributed by atoms with Crippen molar-refractivity contribution in [2.45, 2.75) is 45.2 Å². The van der Waals surface area contributed by atoms with Crippen molar-refractivity contribution < 1.29 is 9.47 Å². The maximum absolute atomic E-state index is 5.58. The SMILES string of the molecule is CCC1CNC(C)(CC)CN1c1cc(OC)ccc1OC. The van der Waals surface area contributed by atoms with Crippen LogP contribution in [-0.2, 0) is 0 Å². The Morgan fingerprint density at radius 3 is 2.62 bits per heavy atom. The molecule has 2 unspecified atom stereocenters. The summed E-state index contributed by atoms with van der Waals surface area (Å²) in [5.41, 5.74) is 1.27. The number of nitrogens with zero attached hydrogens (tertiary/aromatic N) is 1. The van der Waals surface area contributed by atoms with E-state index in [2.05, 4.69) is 37.1 Å². The molecule has 1 aromatic rings. The van der Waals surface area contributed by atoms with Crippen molar-refractivity contribution in [1.29, 1.82) is 0 Å². The number of benzene rings is 1. The summed E-state index contributed by atoms with van der Waals surface area (Å²) in [6.45, 7) is 8.74. The van der Waals surface area contributed by atoms with E-state index in [0.29, 0.717) is 6.04 Å². The molecule has 0 saturated carbocycles. The zero-order valence-corrected chi connectivity index (χ0v) is 13.9. The van der Waals surface area contributed by atoms with Gasteiger partial charge in [0, 0.05) is 30.7 Å². The number of anilines is 1. The lowest BCUT2D eigenvalue weighted by Gasteiger charge is -2.47. The molecule has 1 aliphatic heterocycles. The van der Waals surface area contributed by atoms with E-state index in [1.54, 1.807) is 14.2 Å². The third kappa shape index (κ3) is 3.26. The van der Waals surface area contributed by atoms with E-state index in [0.717, 1.165) is 43.1 Å². The highest BCUT2D eigenvalue weighted by Gasteiger charge is 2.35. The van der Waals surface area contributed by atoms with Crippen LogP contribution in [0.4, 0.5) is 5.69 Å². The fourth-order valence-corrected chi connectivity index (χ4v) is 2.94. The summed E-state index contributed by atoms with van der Waals surface area (Å²) >= 11 is 0. The Hall–Kier alpha value is -1.42. The summed E-state index contributed by atoms with van der Waals surface area (Å²) in [5, 5.41) is 3.70. The monoisotopic (exact) mass is 292 g/mol. The molecule has 2 rings (SSSR count). The molecule has 1 heterocycles. The van der Waals surface area contributed by atoms with Crippen molar-refractivity contribution in [3.05, 3.63) is 18.2 Å². The van der Waals surface area contributed by atoms with Crippen molar-refractivity contribution in [2.75, 3.05) is 32.2 Å². The molecule has 0 aromatic heterocycles. The van der Waals surface area contributed by atoms with Gasteiger partial charge in [0.25, 0.3) is 0 Å². The summed E-state index contributed by atoms with van der Waals surface area (Å²) in [6, 6.07) is 6.50. The second-order valence-corrected chi connectivity index (χ2v) is 6.02. The molecule has 0 bridgehead atoms. The Morgan fingerprint density at radius 2 is 2.05 bits per heavy atom. The molecule has 0 amide bonds. The van der Waals surface area contributed by atoms with Crippen LogP contribution in [0.3, 0.4) is 0 Å². The van der Waals surface area contributed by atoms with Gasteiger partial charge in [-0.15, -0.1) is 0 Å². The topological polar surface area (TPSA) is 33.7 Å². The highest BCUT2D eigenvalue weighted by atomic mass is 16.5. The Balaban J connectivity index is 2.39. The molecule has 4 nitrogen and oxygen atoms in total. The predicted octanol–water partition coefficient (Wildman–Crippen LogP) is 3.06. The average molecular weight is 292 g/mol. The second-order valence-electron chi connectivity index (χ2n) is 6.02. The van der Waals surface area contributed by atoms with Crippen molar-refractivity contribution in [2.24, 2.45) is 0 Å². The number of methoxy groups -OCH3 is 2. The van der Waals surface area contributed by atoms with E-state index in [1.807, 2.05) is 12.1 Å². The van der Waals surface area contributed by atoms with Crippen molar-refractivity contribution in [1.82, 2.24) is 5.32 Å². The number of ether oxygens (including phenoxy) is 2. The lowest BCUT2D eigenvalue weighted by molar-refractivity contribution is 0.274. The van der Waals surface area contributed by atoms with Crippen LogP contribution in [0, 0.1) is 0 Å². The Kier molecular flexibility index (Phi) is 4.99. The fraction of sp³-hybridized carbons (Fsp3) is 0.647.